The predicted octanol–water partition coefficient (Wildman–Crippen LogP) is 4.91. The zero-order valence-corrected chi connectivity index (χ0v) is 22.7. The number of aromatic nitrogens is 4. The van der Waals surface area contributed by atoms with Crippen molar-refractivity contribution in [2.75, 3.05) is 17.3 Å². The molecule has 0 unspecified atom stereocenters. The van der Waals surface area contributed by atoms with E-state index in [0.717, 1.165) is 22.3 Å². The molecule has 5 aromatic rings. The van der Waals surface area contributed by atoms with Crippen LogP contribution in [-0.4, -0.2) is 35.0 Å². The van der Waals surface area contributed by atoms with Crippen LogP contribution in [0.4, 0.5) is 21.8 Å². The maximum Gasteiger partial charge on any atom is 0.253 e. The third-order valence-electron chi connectivity index (χ3n) is 6.35. The number of rotatable bonds is 9. The molecule has 2 heterocycles. The van der Waals surface area contributed by atoms with Gasteiger partial charge in [-0.1, -0.05) is 30.3 Å². The molecule has 2 N–H and O–H groups in total. The number of fused-ring (bicyclic) bond motifs is 1. The van der Waals surface area contributed by atoms with Gasteiger partial charge in [-0.05, 0) is 59.8 Å². The highest BCUT2D eigenvalue weighted by atomic mass is 35.5. The summed E-state index contributed by atoms with van der Waals surface area (Å²) in [6, 6.07) is 20.8. The number of hydrogen-bond donors (Lipinski definition) is 2. The molecule has 0 spiro atoms. The molecule has 0 saturated carbocycles. The van der Waals surface area contributed by atoms with Gasteiger partial charge in [0.15, 0.2) is 0 Å². The van der Waals surface area contributed by atoms with Gasteiger partial charge in [0.05, 0.1) is 15.9 Å². The van der Waals surface area contributed by atoms with Gasteiger partial charge in [0.2, 0.25) is 5.95 Å². The van der Waals surface area contributed by atoms with Crippen LogP contribution in [0.15, 0.2) is 83.9 Å². The van der Waals surface area contributed by atoms with Gasteiger partial charge in [0.1, 0.15) is 17.5 Å². The molecule has 0 bridgehead atoms. The molecule has 0 aliphatic rings. The van der Waals surface area contributed by atoms with E-state index in [4.69, 9.17) is 16.8 Å². The molecule has 3 aromatic carbocycles. The molecule has 200 valence electrons. The molecule has 5 rings (SSSR count). The van der Waals surface area contributed by atoms with Crippen molar-refractivity contribution < 1.29 is 12.8 Å². The molecule has 0 amide bonds. The zero-order chi connectivity index (χ0) is 27.6. The minimum atomic E-state index is -3.77. The maximum absolute atomic E-state index is 14.0. The fourth-order valence-electron chi connectivity index (χ4n) is 4.21. The highest BCUT2D eigenvalue weighted by Gasteiger charge is 2.15. The summed E-state index contributed by atoms with van der Waals surface area (Å²) in [6.07, 6.45) is 2.00. The largest absolute Gasteiger partial charge is 0.351 e. The van der Waals surface area contributed by atoms with E-state index in [-0.39, 0.29) is 10.7 Å². The van der Waals surface area contributed by atoms with E-state index in [1.54, 1.807) is 46.8 Å². The van der Waals surface area contributed by atoms with Crippen molar-refractivity contribution in [1.82, 2.24) is 23.8 Å². The van der Waals surface area contributed by atoms with Crippen molar-refractivity contribution in [3.63, 3.8) is 0 Å². The van der Waals surface area contributed by atoms with Crippen molar-refractivity contribution in [3.05, 3.63) is 102 Å². The molecule has 0 aliphatic carbocycles. The minimum Gasteiger partial charge on any atom is -0.351 e. The van der Waals surface area contributed by atoms with Gasteiger partial charge in [-0.3, -0.25) is 0 Å². The van der Waals surface area contributed by atoms with Crippen LogP contribution in [0.1, 0.15) is 17.0 Å². The maximum atomic E-state index is 14.0. The lowest BCUT2D eigenvalue weighted by molar-refractivity contribution is 0.594. The van der Waals surface area contributed by atoms with Crippen molar-refractivity contribution in [1.29, 1.82) is 0 Å². The Hall–Kier alpha value is -4.06. The number of benzene rings is 3. The summed E-state index contributed by atoms with van der Waals surface area (Å²) in [5.41, 5.74) is 3.86. The van der Waals surface area contributed by atoms with Gasteiger partial charge >= 0.3 is 0 Å². The summed E-state index contributed by atoms with van der Waals surface area (Å²) in [5.74, 6) is 1.57. The average molecular weight is 566 g/mol. The van der Waals surface area contributed by atoms with E-state index < -0.39 is 10.0 Å². The molecular formula is C27H25ClFN7O2S. The lowest BCUT2D eigenvalue weighted by Gasteiger charge is -2.18. The Morgan fingerprint density at radius 1 is 1.03 bits per heavy atom. The number of halogens is 2. The van der Waals surface area contributed by atoms with Gasteiger partial charge < -0.3 is 14.8 Å². The molecule has 0 saturated heterocycles. The van der Waals surface area contributed by atoms with Crippen LogP contribution < -0.4 is 14.5 Å². The van der Waals surface area contributed by atoms with Crippen LogP contribution in [0.5, 0.6) is 0 Å². The van der Waals surface area contributed by atoms with Crippen molar-refractivity contribution >= 4 is 50.3 Å². The Morgan fingerprint density at radius 3 is 2.64 bits per heavy atom. The monoisotopic (exact) mass is 565 g/mol. The first-order valence-corrected chi connectivity index (χ1v) is 13.8. The van der Waals surface area contributed by atoms with Gasteiger partial charge in [-0.15, -0.1) is 4.24 Å². The Labute approximate surface area is 230 Å². The summed E-state index contributed by atoms with van der Waals surface area (Å²) in [6.45, 7) is 0.317. The second-order valence-corrected chi connectivity index (χ2v) is 11.0. The SMILES string of the molecule is CN(c1ccc2c(c1)nc(NCc1ccccc1F)n2C)c1ccnc(Cc2cccc(S(=O)(=O)NCl)c2)n1. The standard InChI is InChI=1S/C27H25ClFN7O2S/c1-35(26-12-13-30-25(33-26)15-18-6-5-8-21(14-18)39(37,38)34-28)20-10-11-24-23(16-20)32-27(36(24)2)31-17-19-7-3-4-9-22(19)29/h3-14,16,34H,15,17H2,1-2H3,(H,31,32). The summed E-state index contributed by atoms with van der Waals surface area (Å²) in [7, 11) is 0.0287. The Balaban J connectivity index is 1.35. The van der Waals surface area contributed by atoms with Gasteiger partial charge in [0.25, 0.3) is 10.0 Å². The van der Waals surface area contributed by atoms with E-state index in [0.29, 0.717) is 36.1 Å². The van der Waals surface area contributed by atoms with E-state index in [2.05, 4.69) is 15.3 Å². The summed E-state index contributed by atoms with van der Waals surface area (Å²) >= 11 is 5.36. The Morgan fingerprint density at radius 2 is 1.85 bits per heavy atom. The van der Waals surface area contributed by atoms with Crippen LogP contribution in [-0.2, 0) is 30.0 Å². The molecule has 12 heteroatoms. The van der Waals surface area contributed by atoms with Gasteiger partial charge in [-0.25, -0.2) is 27.8 Å². The third kappa shape index (κ3) is 5.70. The fraction of sp³-hybridized carbons (Fsp3) is 0.148. The Bertz CT molecular complexity index is 1760. The quantitative estimate of drug-likeness (QED) is 0.245. The molecule has 0 radical (unpaired) electrons. The van der Waals surface area contributed by atoms with Crippen LogP contribution in [0.25, 0.3) is 11.0 Å². The highest BCUT2D eigenvalue weighted by molar-refractivity contribution is 7.90. The molecular weight excluding hydrogens is 541 g/mol. The lowest BCUT2D eigenvalue weighted by atomic mass is 10.1. The van der Waals surface area contributed by atoms with Crippen molar-refractivity contribution in [2.24, 2.45) is 7.05 Å². The van der Waals surface area contributed by atoms with Crippen LogP contribution in [0.2, 0.25) is 0 Å². The van der Waals surface area contributed by atoms with Gasteiger partial charge in [-0.2, -0.15) is 0 Å². The molecule has 0 aliphatic heterocycles. The van der Waals surface area contributed by atoms with Crippen molar-refractivity contribution in [3.8, 4) is 0 Å². The van der Waals surface area contributed by atoms with Crippen LogP contribution >= 0.6 is 11.8 Å². The number of nitrogens with zero attached hydrogens (tertiary/aromatic N) is 5. The number of anilines is 3. The van der Waals surface area contributed by atoms with Crippen LogP contribution in [0.3, 0.4) is 0 Å². The Kier molecular flexibility index (Phi) is 7.47. The smallest absolute Gasteiger partial charge is 0.253 e. The average Bonchev–Trinajstić information content (AvgIpc) is 3.27. The number of nitrogens with one attached hydrogen (secondary N) is 2. The van der Waals surface area contributed by atoms with E-state index in [9.17, 15) is 12.8 Å². The number of aryl methyl sites for hydroxylation is 1. The summed E-state index contributed by atoms with van der Waals surface area (Å²) < 4.78 is 41.8. The van der Waals surface area contributed by atoms with E-state index in [1.165, 1.54) is 18.2 Å². The number of hydrogen-bond acceptors (Lipinski definition) is 7. The molecule has 0 atom stereocenters. The molecule has 9 nitrogen and oxygen atoms in total. The lowest BCUT2D eigenvalue weighted by Crippen LogP contribution is -2.14. The zero-order valence-electron chi connectivity index (χ0n) is 21.1. The topological polar surface area (TPSA) is 105 Å². The highest BCUT2D eigenvalue weighted by Crippen LogP contribution is 2.28. The third-order valence-corrected chi connectivity index (χ3v) is 8.04. The van der Waals surface area contributed by atoms with E-state index >= 15 is 0 Å². The number of sulfonamides is 1. The van der Waals surface area contributed by atoms with Crippen LogP contribution in [0, 0.1) is 5.82 Å². The first-order chi connectivity index (χ1) is 18.7. The molecule has 2 aromatic heterocycles. The summed E-state index contributed by atoms with van der Waals surface area (Å²) in [5, 5.41) is 3.22. The van der Waals surface area contributed by atoms with Crippen molar-refractivity contribution in [2.45, 2.75) is 17.9 Å². The second-order valence-electron chi connectivity index (χ2n) is 8.91. The first-order valence-electron chi connectivity index (χ1n) is 12.0. The van der Waals surface area contributed by atoms with Gasteiger partial charge in [0, 0.05) is 44.5 Å². The minimum absolute atomic E-state index is 0.0645. The molecule has 0 fully saturated rings. The molecule has 39 heavy (non-hydrogen) atoms. The van der Waals surface area contributed by atoms with E-state index in [1.807, 2.05) is 41.8 Å². The normalized spacial score (nSPS) is 11.6. The second kappa shape index (κ2) is 11.0. The first kappa shape index (κ1) is 26.5. The fourth-order valence-corrected chi connectivity index (χ4v) is 5.13. The number of imidazole rings is 1. The summed E-state index contributed by atoms with van der Waals surface area (Å²) in [4.78, 5) is 15.7. The predicted molar refractivity (Wildman–Crippen MR) is 150 cm³/mol.